The summed E-state index contributed by atoms with van der Waals surface area (Å²) in [5, 5.41) is 0.847. The average Bonchev–Trinajstić information content (AvgIpc) is 2.86. The fraction of sp³-hybridized carbons (Fsp3) is 0.571. The molecule has 2 aliphatic heterocycles. The van der Waals surface area contributed by atoms with Gasteiger partial charge in [-0.25, -0.2) is 0 Å². The van der Waals surface area contributed by atoms with Crippen molar-refractivity contribution in [3.8, 4) is 0 Å². The van der Waals surface area contributed by atoms with Gasteiger partial charge in [-0.3, -0.25) is 4.90 Å². The summed E-state index contributed by atoms with van der Waals surface area (Å²) in [5.41, 5.74) is 1.48. The number of rotatable bonds is 2. The zero-order valence-corrected chi connectivity index (χ0v) is 10.5. The van der Waals surface area contributed by atoms with E-state index in [9.17, 15) is 0 Å². The van der Waals surface area contributed by atoms with Crippen LogP contribution in [0.2, 0.25) is 5.02 Å². The van der Waals surface area contributed by atoms with Gasteiger partial charge in [-0.05, 0) is 43.5 Å². The van der Waals surface area contributed by atoms with Crippen LogP contribution in [0.15, 0.2) is 24.3 Å². The van der Waals surface area contributed by atoms with Crippen LogP contribution >= 0.6 is 11.6 Å². The van der Waals surface area contributed by atoms with Crippen molar-refractivity contribution in [2.24, 2.45) is 0 Å². The van der Waals surface area contributed by atoms with E-state index >= 15 is 0 Å². The molecule has 2 bridgehead atoms. The molecule has 2 aliphatic rings. The topological polar surface area (TPSA) is 3.24 Å². The molecule has 1 aromatic carbocycles. The van der Waals surface area contributed by atoms with Gasteiger partial charge in [0.15, 0.2) is 0 Å². The number of halogens is 1. The molecule has 2 heteroatoms. The maximum absolute atomic E-state index is 5.94. The Balaban J connectivity index is 1.85. The Labute approximate surface area is 102 Å². The molecule has 3 rings (SSSR count). The summed E-state index contributed by atoms with van der Waals surface area (Å²) in [5.74, 6) is 0.746. The lowest BCUT2D eigenvalue weighted by Gasteiger charge is -2.23. The minimum atomic E-state index is 0.746. The van der Waals surface area contributed by atoms with Crippen LogP contribution in [0.3, 0.4) is 0 Å². The summed E-state index contributed by atoms with van der Waals surface area (Å²) >= 11 is 5.94. The van der Waals surface area contributed by atoms with E-state index in [0.717, 1.165) is 23.0 Å². The monoisotopic (exact) mass is 235 g/mol. The number of nitrogens with zero attached hydrogens (tertiary/aromatic N) is 1. The third kappa shape index (κ3) is 1.57. The number of fused-ring (bicyclic) bond motifs is 2. The first kappa shape index (κ1) is 10.6. The summed E-state index contributed by atoms with van der Waals surface area (Å²) in [4.78, 5) is 2.69. The molecule has 3 atom stereocenters. The van der Waals surface area contributed by atoms with Crippen molar-refractivity contribution < 1.29 is 0 Å². The van der Waals surface area contributed by atoms with Crippen LogP contribution in [0, 0.1) is 0 Å². The third-order valence-electron chi connectivity index (χ3n) is 4.34. The highest BCUT2D eigenvalue weighted by atomic mass is 35.5. The van der Waals surface area contributed by atoms with E-state index in [-0.39, 0.29) is 0 Å². The molecule has 86 valence electrons. The molecule has 0 saturated carbocycles. The highest BCUT2D eigenvalue weighted by Crippen LogP contribution is 2.46. The molecule has 2 heterocycles. The first-order chi connectivity index (χ1) is 7.79. The van der Waals surface area contributed by atoms with Gasteiger partial charge in [0.05, 0.1) is 0 Å². The Morgan fingerprint density at radius 3 is 2.62 bits per heavy atom. The zero-order chi connectivity index (χ0) is 11.1. The number of hydrogen-bond acceptors (Lipinski definition) is 1. The van der Waals surface area contributed by atoms with Crippen LogP contribution in [-0.4, -0.2) is 23.5 Å². The van der Waals surface area contributed by atoms with Gasteiger partial charge in [-0.1, -0.05) is 30.7 Å². The number of hydrogen-bond donors (Lipinski definition) is 0. The van der Waals surface area contributed by atoms with Gasteiger partial charge in [0.1, 0.15) is 0 Å². The first-order valence-electron chi connectivity index (χ1n) is 6.31. The molecule has 0 amide bonds. The molecule has 0 aromatic heterocycles. The van der Waals surface area contributed by atoms with E-state index in [1.54, 1.807) is 0 Å². The molecule has 0 aliphatic carbocycles. The third-order valence-corrected chi connectivity index (χ3v) is 4.60. The van der Waals surface area contributed by atoms with E-state index in [0.29, 0.717) is 0 Å². The summed E-state index contributed by atoms with van der Waals surface area (Å²) in [6, 6.07) is 10.1. The molecule has 1 nitrogen and oxygen atoms in total. The lowest BCUT2D eigenvalue weighted by Crippen LogP contribution is -2.29. The largest absolute Gasteiger partial charge is 0.297 e. The standard InChI is InChI=1S/C14H18ClN/c1-2-16-12-7-8-14(16)13(9-12)10-3-5-11(15)6-4-10/h3-6,12-14H,2,7-9H2,1H3/t12-,13+,14+/m0/s1. The second kappa shape index (κ2) is 4.05. The maximum Gasteiger partial charge on any atom is 0.0406 e. The summed E-state index contributed by atoms with van der Waals surface area (Å²) < 4.78 is 0. The van der Waals surface area contributed by atoms with Crippen molar-refractivity contribution in [2.45, 2.75) is 44.2 Å². The Hall–Kier alpha value is -0.530. The Morgan fingerprint density at radius 1 is 1.25 bits per heavy atom. The predicted octanol–water partition coefficient (Wildman–Crippen LogP) is 3.68. The fourth-order valence-electron chi connectivity index (χ4n) is 3.66. The molecule has 2 saturated heterocycles. The van der Waals surface area contributed by atoms with E-state index in [1.165, 1.54) is 31.4 Å². The Morgan fingerprint density at radius 2 is 2.00 bits per heavy atom. The van der Waals surface area contributed by atoms with E-state index in [4.69, 9.17) is 11.6 Å². The van der Waals surface area contributed by atoms with Crippen molar-refractivity contribution in [1.82, 2.24) is 4.90 Å². The maximum atomic E-state index is 5.94. The van der Waals surface area contributed by atoms with Crippen LogP contribution in [0.25, 0.3) is 0 Å². The van der Waals surface area contributed by atoms with Crippen molar-refractivity contribution in [2.75, 3.05) is 6.54 Å². The molecule has 0 radical (unpaired) electrons. The Kier molecular flexibility index (Phi) is 2.68. The minimum absolute atomic E-state index is 0.746. The van der Waals surface area contributed by atoms with E-state index in [2.05, 4.69) is 24.0 Å². The van der Waals surface area contributed by atoms with E-state index < -0.39 is 0 Å². The molecule has 0 unspecified atom stereocenters. The van der Waals surface area contributed by atoms with Crippen molar-refractivity contribution in [1.29, 1.82) is 0 Å². The van der Waals surface area contributed by atoms with Gasteiger partial charge in [-0.15, -0.1) is 0 Å². The van der Waals surface area contributed by atoms with Crippen LogP contribution in [0.1, 0.15) is 37.7 Å². The SMILES string of the molecule is CCN1[C@H]2CC[C@@H]1[C@@H](c1ccc(Cl)cc1)C2. The average molecular weight is 236 g/mol. The number of benzene rings is 1. The smallest absolute Gasteiger partial charge is 0.0406 e. The zero-order valence-electron chi connectivity index (χ0n) is 9.70. The Bertz CT molecular complexity index is 373. The summed E-state index contributed by atoms with van der Waals surface area (Å²) in [6.07, 6.45) is 4.13. The lowest BCUT2D eigenvalue weighted by molar-refractivity contribution is 0.262. The molecule has 0 N–H and O–H groups in total. The van der Waals surface area contributed by atoms with Gasteiger partial charge < -0.3 is 0 Å². The van der Waals surface area contributed by atoms with Crippen molar-refractivity contribution >= 4 is 11.6 Å². The minimum Gasteiger partial charge on any atom is -0.297 e. The fourth-order valence-corrected chi connectivity index (χ4v) is 3.79. The molecule has 0 spiro atoms. The van der Waals surface area contributed by atoms with Crippen LogP contribution in [0.4, 0.5) is 0 Å². The van der Waals surface area contributed by atoms with Gasteiger partial charge >= 0.3 is 0 Å². The highest BCUT2D eigenvalue weighted by molar-refractivity contribution is 6.30. The quantitative estimate of drug-likeness (QED) is 0.756. The summed E-state index contributed by atoms with van der Waals surface area (Å²) in [7, 11) is 0. The van der Waals surface area contributed by atoms with Crippen LogP contribution in [-0.2, 0) is 0 Å². The predicted molar refractivity (Wildman–Crippen MR) is 68.0 cm³/mol. The van der Waals surface area contributed by atoms with Crippen LogP contribution < -0.4 is 0 Å². The molecular weight excluding hydrogens is 218 g/mol. The summed E-state index contributed by atoms with van der Waals surface area (Å²) in [6.45, 7) is 3.50. The molecule has 1 aromatic rings. The first-order valence-corrected chi connectivity index (χ1v) is 6.68. The number of likely N-dealkylation sites (N-methyl/N-ethyl adjacent to an activating group) is 1. The van der Waals surface area contributed by atoms with Crippen molar-refractivity contribution in [3.05, 3.63) is 34.9 Å². The van der Waals surface area contributed by atoms with E-state index in [1.807, 2.05) is 12.1 Å². The highest BCUT2D eigenvalue weighted by Gasteiger charge is 2.45. The van der Waals surface area contributed by atoms with Gasteiger partial charge in [0.2, 0.25) is 0 Å². The van der Waals surface area contributed by atoms with Crippen molar-refractivity contribution in [3.63, 3.8) is 0 Å². The normalized spacial score (nSPS) is 33.5. The van der Waals surface area contributed by atoms with Crippen LogP contribution in [0.5, 0.6) is 0 Å². The molecule has 16 heavy (non-hydrogen) atoms. The van der Waals surface area contributed by atoms with Gasteiger partial charge in [0, 0.05) is 23.0 Å². The molecular formula is C14H18ClN. The second-order valence-corrected chi connectivity index (χ2v) is 5.46. The van der Waals surface area contributed by atoms with Gasteiger partial charge in [0.25, 0.3) is 0 Å². The second-order valence-electron chi connectivity index (χ2n) is 5.02. The van der Waals surface area contributed by atoms with Gasteiger partial charge in [-0.2, -0.15) is 0 Å². The lowest BCUT2D eigenvalue weighted by atomic mass is 9.84. The molecule has 2 fully saturated rings.